The normalized spacial score (nSPS) is 20.6. The summed E-state index contributed by atoms with van der Waals surface area (Å²) < 4.78 is 7.26. The average Bonchev–Trinajstić information content (AvgIpc) is 3.87. The molecule has 6 heterocycles. The van der Waals surface area contributed by atoms with Crippen molar-refractivity contribution in [3.05, 3.63) is 58.8 Å². The minimum Gasteiger partial charge on any atom is -0.453 e. The average molecular weight is 643 g/mol. The number of aromatic nitrogens is 2. The standard InChI is InChI=1S/C34H38N6O3S2/c1-19(2)29(39-34(42)43-3)33(41)40-13-5-7-28(40)32-37-16-27(38-32)24-18-45-30-23(17-44-31(24)30)21-10-8-20(9-11-21)22-14-26(36-15-22)25-6-4-12-35-25/h8-11,15-19,25,28-29,35H,4-7,12-14H2,1-3H3,(H,37,38)(H,39,42)/t25-,28-,29-/m0/s1. The third-order valence-electron chi connectivity index (χ3n) is 9.20. The molecular formula is C34H38N6O3S2. The van der Waals surface area contributed by atoms with Crippen LogP contribution in [0, 0.1) is 5.92 Å². The summed E-state index contributed by atoms with van der Waals surface area (Å²) in [6, 6.07) is 8.51. The molecule has 3 aliphatic rings. The Labute approximate surface area is 270 Å². The first-order chi connectivity index (χ1) is 21.9. The van der Waals surface area contributed by atoms with Crippen LogP contribution >= 0.6 is 22.7 Å². The first-order valence-corrected chi connectivity index (χ1v) is 17.5. The number of alkyl carbamates (subject to hydrolysis) is 1. The fraction of sp³-hybridized carbons (Fsp3) is 0.412. The highest BCUT2D eigenvalue weighted by atomic mass is 32.1. The van der Waals surface area contributed by atoms with Crippen LogP contribution in [0.25, 0.3) is 37.4 Å². The second-order valence-electron chi connectivity index (χ2n) is 12.4. The first kappa shape index (κ1) is 29.9. The molecule has 0 bridgehead atoms. The van der Waals surface area contributed by atoms with Crippen LogP contribution < -0.4 is 10.6 Å². The van der Waals surface area contributed by atoms with Crippen LogP contribution in [0.4, 0.5) is 4.79 Å². The first-order valence-electron chi connectivity index (χ1n) is 15.7. The van der Waals surface area contributed by atoms with E-state index in [2.05, 4.69) is 50.6 Å². The minimum atomic E-state index is -0.655. The van der Waals surface area contributed by atoms with Gasteiger partial charge in [0, 0.05) is 52.8 Å². The highest BCUT2D eigenvalue weighted by molar-refractivity contribution is 7.27. The number of H-pyrrole nitrogens is 1. The van der Waals surface area contributed by atoms with Crippen LogP contribution in [0.3, 0.4) is 0 Å². The van der Waals surface area contributed by atoms with E-state index in [1.165, 1.54) is 57.3 Å². The monoisotopic (exact) mass is 642 g/mol. The Morgan fingerprint density at radius 2 is 1.80 bits per heavy atom. The summed E-state index contributed by atoms with van der Waals surface area (Å²) in [7, 11) is 1.31. The number of allylic oxidation sites excluding steroid dienone is 1. The number of amides is 2. The van der Waals surface area contributed by atoms with Gasteiger partial charge in [-0.25, -0.2) is 9.78 Å². The van der Waals surface area contributed by atoms with Crippen LogP contribution in [0.1, 0.15) is 63.4 Å². The molecule has 0 saturated carbocycles. The van der Waals surface area contributed by atoms with E-state index in [0.717, 1.165) is 42.9 Å². The van der Waals surface area contributed by atoms with Gasteiger partial charge in [-0.2, -0.15) is 0 Å². The molecular weight excluding hydrogens is 605 g/mol. The molecule has 45 heavy (non-hydrogen) atoms. The number of hydrogen-bond donors (Lipinski definition) is 3. The summed E-state index contributed by atoms with van der Waals surface area (Å²) >= 11 is 3.50. The molecule has 0 aliphatic carbocycles. The smallest absolute Gasteiger partial charge is 0.407 e. The molecule has 2 saturated heterocycles. The SMILES string of the molecule is COC(=O)N[C@H](C(=O)N1CCC[C@H]1c1ncc(-c2csc3c(-c4ccc(C5=CN=C([C@@H]6CCCN6)C5)cc4)csc23)[nH]1)C(C)C. The number of imidazole rings is 1. The van der Waals surface area contributed by atoms with Gasteiger partial charge in [0.25, 0.3) is 0 Å². The largest absolute Gasteiger partial charge is 0.453 e. The molecule has 0 unspecified atom stereocenters. The van der Waals surface area contributed by atoms with Crippen molar-refractivity contribution >= 4 is 55.4 Å². The predicted molar refractivity (Wildman–Crippen MR) is 182 cm³/mol. The van der Waals surface area contributed by atoms with Crippen molar-refractivity contribution in [2.45, 2.75) is 64.1 Å². The van der Waals surface area contributed by atoms with Crippen LogP contribution in [-0.2, 0) is 9.53 Å². The molecule has 3 aromatic heterocycles. The lowest BCUT2D eigenvalue weighted by atomic mass is 9.97. The second-order valence-corrected chi connectivity index (χ2v) is 14.1. The maximum Gasteiger partial charge on any atom is 0.407 e. The van der Waals surface area contributed by atoms with E-state index in [9.17, 15) is 9.59 Å². The van der Waals surface area contributed by atoms with E-state index >= 15 is 0 Å². The van der Waals surface area contributed by atoms with Crippen molar-refractivity contribution in [1.29, 1.82) is 0 Å². The maximum atomic E-state index is 13.5. The molecule has 4 aromatic rings. The summed E-state index contributed by atoms with van der Waals surface area (Å²) in [5, 5.41) is 10.7. The third-order valence-corrected chi connectivity index (χ3v) is 11.4. The second kappa shape index (κ2) is 12.5. The van der Waals surface area contributed by atoms with Gasteiger partial charge in [0.2, 0.25) is 5.91 Å². The number of fused-ring (bicyclic) bond motifs is 1. The van der Waals surface area contributed by atoms with Crippen LogP contribution in [-0.4, -0.2) is 64.9 Å². The zero-order valence-electron chi connectivity index (χ0n) is 25.8. The van der Waals surface area contributed by atoms with E-state index in [4.69, 9.17) is 14.7 Å². The fourth-order valence-corrected chi connectivity index (χ4v) is 9.15. The number of carbonyl (C=O) groups is 2. The molecule has 3 atom stereocenters. The van der Waals surface area contributed by atoms with Crippen LogP contribution in [0.2, 0.25) is 0 Å². The van der Waals surface area contributed by atoms with Crippen molar-refractivity contribution in [1.82, 2.24) is 25.5 Å². The Hall–Kier alpha value is -3.80. The number of nitrogens with zero attached hydrogens (tertiary/aromatic N) is 3. The lowest BCUT2D eigenvalue weighted by Crippen LogP contribution is -2.51. The van der Waals surface area contributed by atoms with Gasteiger partial charge >= 0.3 is 6.09 Å². The number of methoxy groups -OCH3 is 1. The molecule has 0 spiro atoms. The van der Waals surface area contributed by atoms with Gasteiger partial charge in [0.05, 0.1) is 34.4 Å². The molecule has 7 rings (SSSR count). The van der Waals surface area contributed by atoms with Crippen LogP contribution in [0.15, 0.2) is 52.4 Å². The molecule has 3 aliphatic heterocycles. The Bertz CT molecular complexity index is 1780. The van der Waals surface area contributed by atoms with Crippen molar-refractivity contribution in [2.24, 2.45) is 10.9 Å². The summed E-state index contributed by atoms with van der Waals surface area (Å²) in [5.41, 5.74) is 8.33. The van der Waals surface area contributed by atoms with Gasteiger partial charge in [-0.15, -0.1) is 22.7 Å². The maximum absolute atomic E-state index is 13.5. The Morgan fingerprint density at radius 3 is 2.53 bits per heavy atom. The quantitative estimate of drug-likeness (QED) is 0.192. The van der Waals surface area contributed by atoms with Crippen molar-refractivity contribution in [2.75, 3.05) is 20.2 Å². The van der Waals surface area contributed by atoms with Crippen molar-refractivity contribution in [3.63, 3.8) is 0 Å². The number of nitrogens with one attached hydrogen (secondary N) is 3. The molecule has 9 nitrogen and oxygen atoms in total. The number of thiophene rings is 2. The number of hydrogen-bond acceptors (Lipinski definition) is 8. The lowest BCUT2D eigenvalue weighted by Gasteiger charge is -2.30. The van der Waals surface area contributed by atoms with Gasteiger partial charge in [0.1, 0.15) is 11.9 Å². The lowest BCUT2D eigenvalue weighted by molar-refractivity contribution is -0.135. The number of aromatic amines is 1. The zero-order valence-corrected chi connectivity index (χ0v) is 27.4. The minimum absolute atomic E-state index is 0.0749. The molecule has 2 amide bonds. The van der Waals surface area contributed by atoms with Crippen molar-refractivity contribution in [3.8, 4) is 22.4 Å². The van der Waals surface area contributed by atoms with Gasteiger partial charge in [0.15, 0.2) is 0 Å². The van der Waals surface area contributed by atoms with Gasteiger partial charge in [-0.1, -0.05) is 38.1 Å². The number of rotatable bonds is 8. The molecule has 3 N–H and O–H groups in total. The topological polar surface area (TPSA) is 112 Å². The van der Waals surface area contributed by atoms with Gasteiger partial charge in [-0.3, -0.25) is 9.79 Å². The summed E-state index contributed by atoms with van der Waals surface area (Å²) in [5.74, 6) is 0.597. The molecule has 234 valence electrons. The number of carbonyl (C=O) groups excluding carboxylic acids is 2. The Kier molecular flexibility index (Phi) is 8.32. The van der Waals surface area contributed by atoms with Gasteiger partial charge in [-0.05, 0) is 54.8 Å². The molecule has 0 radical (unpaired) electrons. The van der Waals surface area contributed by atoms with E-state index in [1.807, 2.05) is 31.1 Å². The van der Waals surface area contributed by atoms with Gasteiger partial charge < -0.3 is 25.3 Å². The highest BCUT2D eigenvalue weighted by Crippen LogP contribution is 2.44. The van der Waals surface area contributed by atoms with E-state index in [0.29, 0.717) is 12.6 Å². The number of likely N-dealkylation sites (tertiary alicyclic amines) is 1. The zero-order chi connectivity index (χ0) is 31.1. The van der Waals surface area contributed by atoms with Crippen molar-refractivity contribution < 1.29 is 14.3 Å². The fourth-order valence-electron chi connectivity index (χ4n) is 6.71. The van der Waals surface area contributed by atoms with Crippen LogP contribution in [0.5, 0.6) is 0 Å². The number of aliphatic imine (C=N–C) groups is 1. The molecule has 11 heteroatoms. The summed E-state index contributed by atoms with van der Waals surface area (Å²) in [4.78, 5) is 40.3. The third kappa shape index (κ3) is 5.73. The number of benzene rings is 1. The number of ether oxygens (including phenoxy) is 1. The highest BCUT2D eigenvalue weighted by Gasteiger charge is 2.37. The van der Waals surface area contributed by atoms with E-state index < -0.39 is 12.1 Å². The molecule has 2 fully saturated rings. The van der Waals surface area contributed by atoms with E-state index in [-0.39, 0.29) is 17.9 Å². The molecule has 1 aromatic carbocycles. The summed E-state index contributed by atoms with van der Waals surface area (Å²) in [6.45, 7) is 5.56. The Morgan fingerprint density at radius 1 is 1.04 bits per heavy atom. The van der Waals surface area contributed by atoms with E-state index in [1.54, 1.807) is 22.7 Å². The summed E-state index contributed by atoms with van der Waals surface area (Å²) in [6.07, 6.45) is 8.36. The predicted octanol–water partition coefficient (Wildman–Crippen LogP) is 7.00. The Balaban J connectivity index is 1.07.